The van der Waals surface area contributed by atoms with E-state index in [1.54, 1.807) is 6.07 Å². The fraction of sp³-hybridized carbons (Fsp3) is 0.368. The van der Waals surface area contributed by atoms with Crippen molar-refractivity contribution in [2.75, 3.05) is 0 Å². The standard InChI is InChI=1S/C19H24O/c1-3-4-5-10-15(2)16-11-6-7-12-17(16)18-13-8-9-14-19(18)20/h6-9,11-15,20H,3-5,10H2,1-2H3. The molecule has 0 radical (unpaired) electrons. The Kier molecular flexibility index (Phi) is 5.23. The molecule has 0 aliphatic heterocycles. The highest BCUT2D eigenvalue weighted by Crippen LogP contribution is 2.36. The molecule has 0 aliphatic carbocycles. The molecule has 106 valence electrons. The molecule has 0 amide bonds. The van der Waals surface area contributed by atoms with Gasteiger partial charge >= 0.3 is 0 Å². The molecule has 1 heteroatoms. The largest absolute Gasteiger partial charge is 0.507 e. The topological polar surface area (TPSA) is 20.2 Å². The van der Waals surface area contributed by atoms with Gasteiger partial charge in [-0.2, -0.15) is 0 Å². The summed E-state index contributed by atoms with van der Waals surface area (Å²) in [5, 5.41) is 10.1. The second kappa shape index (κ2) is 7.14. The van der Waals surface area contributed by atoms with Crippen LogP contribution in [0, 0.1) is 0 Å². The minimum Gasteiger partial charge on any atom is -0.507 e. The molecule has 2 aromatic rings. The van der Waals surface area contributed by atoms with E-state index in [4.69, 9.17) is 0 Å². The van der Waals surface area contributed by atoms with Crippen LogP contribution >= 0.6 is 0 Å². The summed E-state index contributed by atoms with van der Waals surface area (Å²) in [6.45, 7) is 4.52. The minimum absolute atomic E-state index is 0.362. The van der Waals surface area contributed by atoms with E-state index in [0.29, 0.717) is 11.7 Å². The van der Waals surface area contributed by atoms with Gasteiger partial charge in [-0.3, -0.25) is 0 Å². The van der Waals surface area contributed by atoms with Crippen LogP contribution in [0.1, 0.15) is 51.0 Å². The first-order chi connectivity index (χ1) is 9.74. The molecule has 0 fully saturated rings. The predicted octanol–water partition coefficient (Wildman–Crippen LogP) is 5.74. The van der Waals surface area contributed by atoms with Crippen LogP contribution in [0.4, 0.5) is 0 Å². The highest BCUT2D eigenvalue weighted by molar-refractivity contribution is 5.73. The van der Waals surface area contributed by atoms with Crippen molar-refractivity contribution < 1.29 is 5.11 Å². The average molecular weight is 268 g/mol. The summed E-state index contributed by atoms with van der Waals surface area (Å²) in [5.41, 5.74) is 3.44. The van der Waals surface area contributed by atoms with Gasteiger partial charge < -0.3 is 5.11 Å². The van der Waals surface area contributed by atoms with Crippen molar-refractivity contribution in [3.05, 3.63) is 54.1 Å². The number of hydrogen-bond donors (Lipinski definition) is 1. The van der Waals surface area contributed by atoms with Crippen LogP contribution in [0.15, 0.2) is 48.5 Å². The maximum absolute atomic E-state index is 10.1. The number of benzene rings is 2. The molecule has 0 spiro atoms. The highest BCUT2D eigenvalue weighted by atomic mass is 16.3. The van der Waals surface area contributed by atoms with E-state index in [0.717, 1.165) is 11.1 Å². The zero-order valence-electron chi connectivity index (χ0n) is 12.5. The van der Waals surface area contributed by atoms with Crippen LogP contribution in [0.2, 0.25) is 0 Å². The summed E-state index contributed by atoms with van der Waals surface area (Å²) in [5.74, 6) is 0.887. The number of phenolic OH excluding ortho intramolecular Hbond substituents is 1. The first-order valence-corrected chi connectivity index (χ1v) is 7.61. The van der Waals surface area contributed by atoms with Gasteiger partial charge in [-0.05, 0) is 29.5 Å². The van der Waals surface area contributed by atoms with Crippen molar-refractivity contribution in [3.63, 3.8) is 0 Å². The van der Waals surface area contributed by atoms with E-state index in [1.807, 2.05) is 24.3 Å². The minimum atomic E-state index is 0.362. The van der Waals surface area contributed by atoms with Gasteiger partial charge in [0, 0.05) is 5.56 Å². The molecule has 1 nitrogen and oxygen atoms in total. The molecule has 0 aliphatic rings. The summed E-state index contributed by atoms with van der Waals surface area (Å²) in [6, 6.07) is 16.0. The Morgan fingerprint density at radius 1 is 0.900 bits per heavy atom. The van der Waals surface area contributed by atoms with Gasteiger partial charge in [-0.15, -0.1) is 0 Å². The van der Waals surface area contributed by atoms with E-state index >= 15 is 0 Å². The fourth-order valence-corrected chi connectivity index (χ4v) is 2.73. The Hall–Kier alpha value is -1.76. The predicted molar refractivity (Wildman–Crippen MR) is 86.1 cm³/mol. The average Bonchev–Trinajstić information content (AvgIpc) is 2.48. The van der Waals surface area contributed by atoms with Crippen molar-refractivity contribution in [1.82, 2.24) is 0 Å². The third kappa shape index (κ3) is 3.41. The van der Waals surface area contributed by atoms with E-state index in [-0.39, 0.29) is 0 Å². The quantitative estimate of drug-likeness (QED) is 0.662. The third-order valence-electron chi connectivity index (χ3n) is 3.93. The van der Waals surface area contributed by atoms with E-state index in [9.17, 15) is 5.11 Å². The first-order valence-electron chi connectivity index (χ1n) is 7.61. The summed E-state index contributed by atoms with van der Waals surface area (Å²) in [4.78, 5) is 0. The number of unbranched alkanes of at least 4 members (excludes halogenated alkanes) is 2. The molecule has 0 saturated heterocycles. The molecule has 0 aromatic heterocycles. The van der Waals surface area contributed by atoms with E-state index < -0.39 is 0 Å². The molecular weight excluding hydrogens is 244 g/mol. The molecule has 1 atom stereocenters. The fourth-order valence-electron chi connectivity index (χ4n) is 2.73. The summed E-state index contributed by atoms with van der Waals surface area (Å²) in [6.07, 6.45) is 5.03. The lowest BCUT2D eigenvalue weighted by Gasteiger charge is -2.17. The normalized spacial score (nSPS) is 12.3. The van der Waals surface area contributed by atoms with Crippen LogP contribution in [-0.2, 0) is 0 Å². The second-order valence-electron chi connectivity index (χ2n) is 5.50. The lowest BCUT2D eigenvalue weighted by molar-refractivity contribution is 0.477. The second-order valence-corrected chi connectivity index (χ2v) is 5.50. The molecule has 0 saturated carbocycles. The number of rotatable bonds is 6. The Morgan fingerprint density at radius 2 is 1.55 bits per heavy atom. The first kappa shape index (κ1) is 14.6. The molecular formula is C19H24O. The summed E-state index contributed by atoms with van der Waals surface area (Å²) in [7, 11) is 0. The lowest BCUT2D eigenvalue weighted by atomic mass is 9.88. The Labute approximate surface area is 122 Å². The smallest absolute Gasteiger partial charge is 0.123 e. The molecule has 2 rings (SSSR count). The van der Waals surface area contributed by atoms with Gasteiger partial charge in [0.05, 0.1) is 0 Å². The number of hydrogen-bond acceptors (Lipinski definition) is 1. The highest BCUT2D eigenvalue weighted by Gasteiger charge is 2.13. The Morgan fingerprint density at radius 3 is 2.25 bits per heavy atom. The van der Waals surface area contributed by atoms with Crippen LogP contribution in [0.3, 0.4) is 0 Å². The molecule has 0 heterocycles. The number of phenols is 1. The third-order valence-corrected chi connectivity index (χ3v) is 3.93. The Bertz CT molecular complexity index is 545. The van der Waals surface area contributed by atoms with Crippen LogP contribution < -0.4 is 0 Å². The van der Waals surface area contributed by atoms with Crippen molar-refractivity contribution in [2.24, 2.45) is 0 Å². The zero-order chi connectivity index (χ0) is 14.4. The maximum Gasteiger partial charge on any atom is 0.123 e. The van der Waals surface area contributed by atoms with Crippen LogP contribution in [0.25, 0.3) is 11.1 Å². The number of para-hydroxylation sites is 1. The van der Waals surface area contributed by atoms with Crippen LogP contribution in [0.5, 0.6) is 5.75 Å². The molecule has 20 heavy (non-hydrogen) atoms. The zero-order valence-corrected chi connectivity index (χ0v) is 12.5. The molecule has 1 unspecified atom stereocenters. The van der Waals surface area contributed by atoms with Crippen molar-refractivity contribution in [2.45, 2.75) is 45.4 Å². The Balaban J connectivity index is 2.29. The SMILES string of the molecule is CCCCCC(C)c1ccccc1-c1ccccc1O. The molecule has 0 bridgehead atoms. The summed E-state index contributed by atoms with van der Waals surface area (Å²) < 4.78 is 0. The van der Waals surface area contributed by atoms with E-state index in [1.165, 1.54) is 31.2 Å². The van der Waals surface area contributed by atoms with Gasteiger partial charge in [-0.1, -0.05) is 75.6 Å². The molecule has 2 aromatic carbocycles. The van der Waals surface area contributed by atoms with Gasteiger partial charge in [0.1, 0.15) is 5.75 Å². The lowest BCUT2D eigenvalue weighted by Crippen LogP contribution is -1.97. The van der Waals surface area contributed by atoms with Crippen molar-refractivity contribution >= 4 is 0 Å². The monoisotopic (exact) mass is 268 g/mol. The van der Waals surface area contributed by atoms with Gasteiger partial charge in [0.2, 0.25) is 0 Å². The number of aromatic hydroxyl groups is 1. The van der Waals surface area contributed by atoms with E-state index in [2.05, 4.69) is 32.0 Å². The van der Waals surface area contributed by atoms with Crippen molar-refractivity contribution in [1.29, 1.82) is 0 Å². The van der Waals surface area contributed by atoms with Crippen molar-refractivity contribution in [3.8, 4) is 16.9 Å². The van der Waals surface area contributed by atoms with Gasteiger partial charge in [-0.25, -0.2) is 0 Å². The van der Waals surface area contributed by atoms with Gasteiger partial charge in [0.25, 0.3) is 0 Å². The van der Waals surface area contributed by atoms with Gasteiger partial charge in [0.15, 0.2) is 0 Å². The maximum atomic E-state index is 10.1. The summed E-state index contributed by atoms with van der Waals surface area (Å²) >= 11 is 0. The van der Waals surface area contributed by atoms with Crippen LogP contribution in [-0.4, -0.2) is 5.11 Å². The molecule has 1 N–H and O–H groups in total.